The standard InChI is InChI=1S/C3H7FO.C2H4/c1-2-3-5-4;1-2/h2-3H2,1H3;1-2H2. The minimum Gasteiger partial charge on any atom is -0.194 e. The fraction of sp³-hybridized carbons (Fsp3) is 0.600. The molecular weight excluding hydrogens is 95.1 g/mol. The predicted molar refractivity (Wildman–Crippen MR) is 28.6 cm³/mol. The highest BCUT2D eigenvalue weighted by atomic mass is 19.3. The Morgan fingerprint density at radius 3 is 2.00 bits per heavy atom. The molecule has 0 radical (unpaired) electrons. The quantitative estimate of drug-likeness (QED) is 0.490. The van der Waals surface area contributed by atoms with Crippen LogP contribution in [0.5, 0.6) is 0 Å². The van der Waals surface area contributed by atoms with Gasteiger partial charge in [0.15, 0.2) is 0 Å². The van der Waals surface area contributed by atoms with E-state index in [1.54, 1.807) is 0 Å². The summed E-state index contributed by atoms with van der Waals surface area (Å²) in [6.07, 6.45) is 0.747. The summed E-state index contributed by atoms with van der Waals surface area (Å²) in [5.41, 5.74) is 0. The monoisotopic (exact) mass is 106 g/mol. The van der Waals surface area contributed by atoms with Crippen molar-refractivity contribution in [2.75, 3.05) is 6.61 Å². The van der Waals surface area contributed by atoms with Crippen molar-refractivity contribution in [3.05, 3.63) is 13.2 Å². The Kier molecular flexibility index (Phi) is 24.4. The first-order valence-corrected chi connectivity index (χ1v) is 2.15. The maximum atomic E-state index is 10.5. The first-order valence-electron chi connectivity index (χ1n) is 2.15. The van der Waals surface area contributed by atoms with E-state index < -0.39 is 0 Å². The average molecular weight is 106 g/mol. The highest BCUT2D eigenvalue weighted by Crippen LogP contribution is 1.75. The Hall–Kier alpha value is -0.370. The van der Waals surface area contributed by atoms with Crippen molar-refractivity contribution < 1.29 is 9.47 Å². The van der Waals surface area contributed by atoms with Crippen LogP contribution in [0, 0.1) is 0 Å². The minimum absolute atomic E-state index is 0.222. The molecule has 0 N–H and O–H groups in total. The van der Waals surface area contributed by atoms with Gasteiger partial charge in [-0.15, -0.1) is 13.2 Å². The second-order valence-electron chi connectivity index (χ2n) is 0.813. The van der Waals surface area contributed by atoms with Crippen molar-refractivity contribution >= 4 is 0 Å². The van der Waals surface area contributed by atoms with Crippen LogP contribution in [-0.2, 0) is 4.94 Å². The summed E-state index contributed by atoms with van der Waals surface area (Å²) in [5, 5.41) is 0. The molecule has 0 unspecified atom stereocenters. The van der Waals surface area contributed by atoms with Crippen molar-refractivity contribution in [1.82, 2.24) is 0 Å². The first-order chi connectivity index (χ1) is 3.41. The molecule has 0 aliphatic heterocycles. The summed E-state index contributed by atoms with van der Waals surface area (Å²) < 4.78 is 10.5. The highest BCUT2D eigenvalue weighted by Gasteiger charge is 1.70. The van der Waals surface area contributed by atoms with E-state index >= 15 is 0 Å². The summed E-state index contributed by atoms with van der Waals surface area (Å²) in [5.74, 6) is 0. The largest absolute Gasteiger partial charge is 0.194 e. The average Bonchev–Trinajstić information content (AvgIpc) is 1.75. The molecule has 0 rings (SSSR count). The third-order valence-electron chi connectivity index (χ3n) is 0.281. The van der Waals surface area contributed by atoms with E-state index in [0.717, 1.165) is 6.42 Å². The van der Waals surface area contributed by atoms with Crippen molar-refractivity contribution in [3.8, 4) is 0 Å². The lowest BCUT2D eigenvalue weighted by Crippen LogP contribution is -1.75. The molecular formula is C5H11FO. The topological polar surface area (TPSA) is 9.23 Å². The Balaban J connectivity index is 0. The Morgan fingerprint density at radius 2 is 2.00 bits per heavy atom. The van der Waals surface area contributed by atoms with Crippen LogP contribution in [-0.4, -0.2) is 6.61 Å². The number of hydrogen-bond acceptors (Lipinski definition) is 1. The summed E-state index contributed by atoms with van der Waals surface area (Å²) in [6, 6.07) is 0. The Morgan fingerprint density at radius 1 is 1.57 bits per heavy atom. The second kappa shape index (κ2) is 17.4. The zero-order valence-corrected chi connectivity index (χ0v) is 4.61. The summed E-state index contributed by atoms with van der Waals surface area (Å²) in [4.78, 5) is 3.19. The molecule has 0 spiro atoms. The SMILES string of the molecule is C=C.CCCOF. The van der Waals surface area contributed by atoms with Gasteiger partial charge >= 0.3 is 0 Å². The van der Waals surface area contributed by atoms with Gasteiger partial charge in [-0.1, -0.05) is 6.92 Å². The van der Waals surface area contributed by atoms with E-state index in [1.165, 1.54) is 0 Å². The van der Waals surface area contributed by atoms with E-state index in [0.29, 0.717) is 0 Å². The smallest absolute Gasteiger partial charge is 0.0873 e. The van der Waals surface area contributed by atoms with Gasteiger partial charge in [0, 0.05) is 0 Å². The number of halogens is 1. The molecule has 0 aromatic heterocycles. The van der Waals surface area contributed by atoms with Crippen LogP contribution >= 0.6 is 0 Å². The zero-order chi connectivity index (χ0) is 6.12. The van der Waals surface area contributed by atoms with Crippen molar-refractivity contribution in [2.24, 2.45) is 0 Å². The van der Waals surface area contributed by atoms with Gasteiger partial charge in [-0.2, -0.15) is 4.94 Å². The molecule has 0 saturated heterocycles. The van der Waals surface area contributed by atoms with Gasteiger partial charge in [0.05, 0.1) is 6.61 Å². The van der Waals surface area contributed by atoms with Crippen LogP contribution in [0.15, 0.2) is 13.2 Å². The van der Waals surface area contributed by atoms with Gasteiger partial charge in [0.2, 0.25) is 0 Å². The lowest BCUT2D eigenvalue weighted by Gasteiger charge is -1.77. The molecule has 0 aromatic rings. The van der Waals surface area contributed by atoms with Gasteiger partial charge in [0.1, 0.15) is 0 Å². The van der Waals surface area contributed by atoms with Crippen LogP contribution < -0.4 is 0 Å². The fourth-order valence-electron chi connectivity index (χ4n) is 0.0772. The molecule has 0 fully saturated rings. The summed E-state index contributed by atoms with van der Waals surface area (Å²) in [6.45, 7) is 8.07. The molecule has 7 heavy (non-hydrogen) atoms. The van der Waals surface area contributed by atoms with Crippen LogP contribution in [0.2, 0.25) is 0 Å². The summed E-state index contributed by atoms with van der Waals surface area (Å²) >= 11 is 0. The van der Waals surface area contributed by atoms with E-state index in [-0.39, 0.29) is 6.61 Å². The minimum atomic E-state index is 0.222. The van der Waals surface area contributed by atoms with Crippen molar-refractivity contribution in [2.45, 2.75) is 13.3 Å². The van der Waals surface area contributed by atoms with Gasteiger partial charge in [0.25, 0.3) is 0 Å². The Bertz CT molecular complexity index is 22.0. The molecule has 0 amide bonds. The third-order valence-corrected chi connectivity index (χ3v) is 0.281. The van der Waals surface area contributed by atoms with Crippen molar-refractivity contribution in [3.63, 3.8) is 0 Å². The Labute approximate surface area is 43.7 Å². The molecule has 0 saturated carbocycles. The maximum absolute atomic E-state index is 10.5. The fourth-order valence-corrected chi connectivity index (χ4v) is 0.0772. The molecule has 0 bridgehead atoms. The lowest BCUT2D eigenvalue weighted by atomic mass is 10.5. The van der Waals surface area contributed by atoms with Crippen LogP contribution in [0.4, 0.5) is 4.53 Å². The van der Waals surface area contributed by atoms with Gasteiger partial charge in [-0.3, -0.25) is 0 Å². The van der Waals surface area contributed by atoms with Gasteiger partial charge < -0.3 is 0 Å². The first kappa shape index (κ1) is 9.80. The van der Waals surface area contributed by atoms with Crippen LogP contribution in [0.1, 0.15) is 13.3 Å². The van der Waals surface area contributed by atoms with Gasteiger partial charge in [-0.25, -0.2) is 0 Å². The molecule has 0 atom stereocenters. The second-order valence-corrected chi connectivity index (χ2v) is 0.813. The molecule has 0 aliphatic carbocycles. The van der Waals surface area contributed by atoms with Gasteiger partial charge in [-0.05, 0) is 10.9 Å². The van der Waals surface area contributed by atoms with Crippen LogP contribution in [0.3, 0.4) is 0 Å². The van der Waals surface area contributed by atoms with E-state index in [9.17, 15) is 4.53 Å². The van der Waals surface area contributed by atoms with Crippen LogP contribution in [0.25, 0.3) is 0 Å². The molecule has 2 heteroatoms. The molecule has 44 valence electrons. The normalized spacial score (nSPS) is 6.57. The predicted octanol–water partition coefficient (Wildman–Crippen LogP) is 2.10. The molecule has 0 aromatic carbocycles. The lowest BCUT2D eigenvalue weighted by molar-refractivity contribution is -0.131. The number of hydrogen-bond donors (Lipinski definition) is 0. The van der Waals surface area contributed by atoms with E-state index in [4.69, 9.17) is 0 Å². The highest BCUT2D eigenvalue weighted by molar-refractivity contribution is 4.22. The molecule has 0 aliphatic rings. The van der Waals surface area contributed by atoms with E-state index in [1.807, 2.05) is 6.92 Å². The molecule has 0 heterocycles. The third kappa shape index (κ3) is 27.9. The molecule has 1 nitrogen and oxygen atoms in total. The number of rotatable bonds is 2. The zero-order valence-electron chi connectivity index (χ0n) is 4.61. The maximum Gasteiger partial charge on any atom is 0.0873 e. The summed E-state index contributed by atoms with van der Waals surface area (Å²) in [7, 11) is 0. The van der Waals surface area contributed by atoms with Crippen molar-refractivity contribution in [1.29, 1.82) is 0 Å². The van der Waals surface area contributed by atoms with E-state index in [2.05, 4.69) is 18.1 Å².